The minimum absolute atomic E-state index is 0.0454. The Morgan fingerprint density at radius 1 is 0.800 bits per heavy atom. The van der Waals surface area contributed by atoms with Gasteiger partial charge in [0.2, 0.25) is 16.0 Å². The lowest BCUT2D eigenvalue weighted by molar-refractivity contribution is 0.382. The molecule has 0 radical (unpaired) electrons. The van der Waals surface area contributed by atoms with Crippen LogP contribution in [-0.2, 0) is 10.0 Å². The number of hydrogen-bond acceptors (Lipinski definition) is 8. The van der Waals surface area contributed by atoms with E-state index in [1.165, 1.54) is 41.2 Å². The number of sulfonamides is 1. The Morgan fingerprint density at radius 3 is 2.03 bits per heavy atom. The average molecular weight is 499 g/mol. The molecule has 180 valence electrons. The van der Waals surface area contributed by atoms with Crippen molar-refractivity contribution in [2.24, 2.45) is 0 Å². The van der Waals surface area contributed by atoms with Crippen molar-refractivity contribution in [2.45, 2.75) is 4.90 Å². The normalized spacial score (nSPS) is 14.7. The molecule has 0 amide bonds. The van der Waals surface area contributed by atoms with Crippen LogP contribution < -0.4 is 10.2 Å². The first-order valence-electron chi connectivity index (χ1n) is 10.7. The smallest absolute Gasteiger partial charge is 0.243 e. The van der Waals surface area contributed by atoms with E-state index in [-0.39, 0.29) is 23.8 Å². The van der Waals surface area contributed by atoms with E-state index in [9.17, 15) is 17.2 Å². The Balaban J connectivity index is 1.38. The molecule has 2 aromatic heterocycles. The van der Waals surface area contributed by atoms with Gasteiger partial charge in [0.15, 0.2) is 0 Å². The van der Waals surface area contributed by atoms with Gasteiger partial charge in [0.25, 0.3) is 0 Å². The largest absolute Gasteiger partial charge is 0.340 e. The zero-order valence-electron chi connectivity index (χ0n) is 18.3. The second-order valence-corrected chi connectivity index (χ2v) is 9.70. The first-order valence-corrected chi connectivity index (χ1v) is 12.1. The van der Waals surface area contributed by atoms with Crippen LogP contribution in [0.5, 0.6) is 0 Å². The van der Waals surface area contributed by atoms with Gasteiger partial charge in [0, 0.05) is 37.9 Å². The van der Waals surface area contributed by atoms with Gasteiger partial charge in [-0.05, 0) is 48.5 Å². The zero-order valence-corrected chi connectivity index (χ0v) is 19.1. The summed E-state index contributed by atoms with van der Waals surface area (Å²) in [5.74, 6) is 0.513. The van der Waals surface area contributed by atoms with Crippen LogP contribution in [0.25, 0.3) is 5.82 Å². The Hall–Kier alpha value is -3.97. The molecule has 0 atom stereocenters. The van der Waals surface area contributed by atoms with Crippen molar-refractivity contribution in [3.63, 3.8) is 0 Å². The highest BCUT2D eigenvalue weighted by atomic mass is 32.2. The molecule has 1 aliphatic rings. The third kappa shape index (κ3) is 4.95. The van der Waals surface area contributed by atoms with Crippen molar-refractivity contribution in [3.8, 4) is 5.82 Å². The van der Waals surface area contributed by atoms with Gasteiger partial charge < -0.3 is 10.2 Å². The molecule has 13 heteroatoms. The van der Waals surface area contributed by atoms with Crippen LogP contribution in [-0.4, -0.2) is 63.6 Å². The number of hydrogen-bond donors (Lipinski definition) is 1. The summed E-state index contributed by atoms with van der Waals surface area (Å²) in [6.45, 7) is 1.12. The fraction of sp³-hybridized carbons (Fsp3) is 0.182. The number of anilines is 3. The second kappa shape index (κ2) is 9.35. The molecule has 5 rings (SSSR count). The van der Waals surface area contributed by atoms with Crippen molar-refractivity contribution < 1.29 is 17.2 Å². The van der Waals surface area contributed by atoms with E-state index in [1.807, 2.05) is 4.90 Å². The summed E-state index contributed by atoms with van der Waals surface area (Å²) in [6, 6.07) is 12.3. The maximum Gasteiger partial charge on any atom is 0.243 e. The van der Waals surface area contributed by atoms with Gasteiger partial charge in [-0.2, -0.15) is 14.3 Å². The molecule has 3 heterocycles. The molecular weight excluding hydrogens is 478 g/mol. The summed E-state index contributed by atoms with van der Waals surface area (Å²) in [5, 5.41) is 10.8. The molecule has 0 bridgehead atoms. The monoisotopic (exact) mass is 498 g/mol. The Labute approximate surface area is 199 Å². The zero-order chi connectivity index (χ0) is 24.4. The van der Waals surface area contributed by atoms with Gasteiger partial charge in [-0.15, -0.1) is 10.2 Å². The molecule has 1 aliphatic heterocycles. The number of aromatic nitrogens is 5. The topological polar surface area (TPSA) is 109 Å². The van der Waals surface area contributed by atoms with Gasteiger partial charge in [0.05, 0.1) is 4.90 Å². The summed E-state index contributed by atoms with van der Waals surface area (Å²) in [6.07, 6.45) is 3.00. The summed E-state index contributed by atoms with van der Waals surface area (Å²) < 4.78 is 55.3. The van der Waals surface area contributed by atoms with E-state index in [0.29, 0.717) is 36.4 Å². The fourth-order valence-electron chi connectivity index (χ4n) is 3.64. The van der Waals surface area contributed by atoms with Crippen LogP contribution in [0.4, 0.5) is 26.2 Å². The first kappa shape index (κ1) is 22.8. The van der Waals surface area contributed by atoms with Gasteiger partial charge in [0.1, 0.15) is 35.9 Å². The van der Waals surface area contributed by atoms with Crippen LogP contribution >= 0.6 is 0 Å². The predicted molar refractivity (Wildman–Crippen MR) is 124 cm³/mol. The summed E-state index contributed by atoms with van der Waals surface area (Å²) >= 11 is 0. The molecule has 0 aliphatic carbocycles. The summed E-state index contributed by atoms with van der Waals surface area (Å²) in [5.41, 5.74) is 0.640. The second-order valence-electron chi connectivity index (χ2n) is 7.76. The van der Waals surface area contributed by atoms with Crippen LogP contribution in [0.1, 0.15) is 0 Å². The van der Waals surface area contributed by atoms with E-state index in [4.69, 9.17) is 0 Å². The number of rotatable bonds is 6. The standard InChI is InChI=1S/C22H20F2N8O2S/c23-16-1-5-18(6-2-16)27-20-13-21(31-14-25-26-15-31)29-22(28-20)30-9-11-32(12-10-30)35(33,34)19-7-3-17(24)4-8-19/h1-8,13-15H,9-12H2,(H,27,28,29). The lowest BCUT2D eigenvalue weighted by atomic mass is 10.3. The third-order valence-corrected chi connectivity index (χ3v) is 7.39. The highest BCUT2D eigenvalue weighted by molar-refractivity contribution is 7.89. The molecule has 1 N–H and O–H groups in total. The molecule has 10 nitrogen and oxygen atoms in total. The molecule has 4 aromatic rings. The quantitative estimate of drug-likeness (QED) is 0.432. The van der Waals surface area contributed by atoms with Crippen molar-refractivity contribution in [2.75, 3.05) is 36.4 Å². The van der Waals surface area contributed by atoms with Gasteiger partial charge in [-0.3, -0.25) is 4.57 Å². The lowest BCUT2D eigenvalue weighted by Gasteiger charge is -2.34. The van der Waals surface area contributed by atoms with Crippen molar-refractivity contribution >= 4 is 27.5 Å². The number of benzene rings is 2. The summed E-state index contributed by atoms with van der Waals surface area (Å²) in [4.78, 5) is 11.1. The van der Waals surface area contributed by atoms with Crippen molar-refractivity contribution in [3.05, 3.63) is 78.9 Å². The number of nitrogens with zero attached hydrogens (tertiary/aromatic N) is 7. The van der Waals surface area contributed by atoms with Gasteiger partial charge >= 0.3 is 0 Å². The molecule has 0 unspecified atom stereocenters. The number of halogens is 2. The van der Waals surface area contributed by atoms with Gasteiger partial charge in [-0.1, -0.05) is 0 Å². The molecule has 0 saturated carbocycles. The van der Waals surface area contributed by atoms with Crippen molar-refractivity contribution in [1.82, 2.24) is 29.0 Å². The first-order chi connectivity index (χ1) is 16.9. The molecule has 2 aromatic carbocycles. The maximum absolute atomic E-state index is 13.3. The van der Waals surface area contributed by atoms with E-state index in [1.54, 1.807) is 22.8 Å². The van der Waals surface area contributed by atoms with Crippen LogP contribution in [0.15, 0.2) is 72.1 Å². The van der Waals surface area contributed by atoms with Crippen LogP contribution in [0.3, 0.4) is 0 Å². The molecule has 0 spiro atoms. The molecule has 1 saturated heterocycles. The van der Waals surface area contributed by atoms with Crippen molar-refractivity contribution in [1.29, 1.82) is 0 Å². The molecule has 35 heavy (non-hydrogen) atoms. The number of nitrogens with one attached hydrogen (secondary N) is 1. The minimum atomic E-state index is -3.74. The summed E-state index contributed by atoms with van der Waals surface area (Å²) in [7, 11) is -3.74. The van der Waals surface area contributed by atoms with Gasteiger partial charge in [-0.25, -0.2) is 17.2 Å². The Bertz CT molecular complexity index is 1410. The molecule has 1 fully saturated rings. The van der Waals surface area contributed by atoms with Crippen LogP contribution in [0.2, 0.25) is 0 Å². The van der Waals surface area contributed by atoms with E-state index < -0.39 is 15.8 Å². The average Bonchev–Trinajstić information content (AvgIpc) is 3.41. The van der Waals surface area contributed by atoms with Crippen LogP contribution in [0, 0.1) is 11.6 Å². The van der Waals surface area contributed by atoms with E-state index in [2.05, 4.69) is 25.5 Å². The highest BCUT2D eigenvalue weighted by Gasteiger charge is 2.29. The highest BCUT2D eigenvalue weighted by Crippen LogP contribution is 2.23. The Morgan fingerprint density at radius 2 is 1.40 bits per heavy atom. The molecular formula is C22H20F2N8O2S. The third-order valence-electron chi connectivity index (χ3n) is 5.47. The fourth-order valence-corrected chi connectivity index (χ4v) is 5.07. The SMILES string of the molecule is O=S(=O)(c1ccc(F)cc1)N1CCN(c2nc(Nc3ccc(F)cc3)cc(-n3cnnc3)n2)CC1. The Kier molecular flexibility index (Phi) is 6.09. The minimum Gasteiger partial charge on any atom is -0.340 e. The maximum atomic E-state index is 13.3. The number of piperazine rings is 1. The lowest BCUT2D eigenvalue weighted by Crippen LogP contribution is -2.49. The van der Waals surface area contributed by atoms with E-state index >= 15 is 0 Å². The predicted octanol–water partition coefficient (Wildman–Crippen LogP) is 2.59. The van der Waals surface area contributed by atoms with E-state index in [0.717, 1.165) is 12.1 Å².